The van der Waals surface area contributed by atoms with Gasteiger partial charge in [0.05, 0.1) is 24.1 Å². The van der Waals surface area contributed by atoms with Crippen molar-refractivity contribution >= 4 is 34.6 Å². The van der Waals surface area contributed by atoms with Gasteiger partial charge in [0.1, 0.15) is 12.1 Å². The summed E-state index contributed by atoms with van der Waals surface area (Å²) in [6.07, 6.45) is 4.36. The Hall–Kier alpha value is -3.63. The van der Waals surface area contributed by atoms with Gasteiger partial charge >= 0.3 is 5.97 Å². The van der Waals surface area contributed by atoms with E-state index in [1.54, 1.807) is 16.7 Å². The summed E-state index contributed by atoms with van der Waals surface area (Å²) in [5.41, 5.74) is 1.27. The zero-order valence-electron chi connectivity index (χ0n) is 25.2. The number of aryl methyl sites for hydroxylation is 1. The fraction of sp³-hybridized carbons (Fsp3) is 0.633. The quantitative estimate of drug-likeness (QED) is 0.311. The summed E-state index contributed by atoms with van der Waals surface area (Å²) in [4.78, 5) is 52.2. The van der Waals surface area contributed by atoms with E-state index in [4.69, 9.17) is 9.84 Å². The van der Waals surface area contributed by atoms with Gasteiger partial charge in [-0.15, -0.1) is 5.10 Å². The summed E-state index contributed by atoms with van der Waals surface area (Å²) >= 11 is 0. The van der Waals surface area contributed by atoms with Crippen LogP contribution in [-0.2, 0) is 26.2 Å². The molecule has 3 atom stereocenters. The lowest BCUT2D eigenvalue weighted by Gasteiger charge is -2.35. The Morgan fingerprint density at radius 2 is 1.78 bits per heavy atom. The highest BCUT2D eigenvalue weighted by Gasteiger charge is 2.42. The molecule has 3 amide bonds. The van der Waals surface area contributed by atoms with Gasteiger partial charge < -0.3 is 25.4 Å². The number of carbonyl (C=O) groups excluding carboxylic acids is 3. The molecule has 1 aliphatic rings. The second-order valence-corrected chi connectivity index (χ2v) is 12.0. The number of benzene rings is 1. The summed E-state index contributed by atoms with van der Waals surface area (Å²) in [5, 5.41) is 20.0. The Morgan fingerprint density at radius 1 is 1.10 bits per heavy atom. The van der Waals surface area contributed by atoms with Crippen molar-refractivity contribution in [2.75, 3.05) is 13.7 Å². The first-order valence-corrected chi connectivity index (χ1v) is 14.5. The van der Waals surface area contributed by atoms with E-state index in [-0.39, 0.29) is 36.6 Å². The number of carboxylic acids is 1. The number of unbranched alkanes of at least 4 members (excludes halogenated alkanes) is 3. The number of aliphatic carboxylic acids is 1. The van der Waals surface area contributed by atoms with Gasteiger partial charge in [-0.25, -0.2) is 0 Å². The Kier molecular flexibility index (Phi) is 10.8. The third kappa shape index (κ3) is 8.20. The van der Waals surface area contributed by atoms with Crippen LogP contribution in [0.1, 0.15) is 90.7 Å². The molecule has 226 valence electrons. The maximum Gasteiger partial charge on any atom is 0.303 e. The van der Waals surface area contributed by atoms with Gasteiger partial charge in [-0.05, 0) is 55.7 Å². The van der Waals surface area contributed by atoms with Crippen LogP contribution >= 0.6 is 0 Å². The SMILES string of the molecule is COc1nn(C)c2ccc(C(C)NC(=O)C3CCCN3C(=O)C(NC(=O)CCCCCCC(=O)O)C(C)(C)C)cc12. The molecular weight excluding hydrogens is 526 g/mol. The number of likely N-dealkylation sites (tertiary alicyclic amines) is 1. The van der Waals surface area contributed by atoms with Crippen LogP contribution in [-0.4, -0.2) is 69.2 Å². The number of rotatable bonds is 13. The number of fused-ring (bicyclic) bond motifs is 1. The van der Waals surface area contributed by atoms with E-state index >= 15 is 0 Å². The predicted molar refractivity (Wildman–Crippen MR) is 155 cm³/mol. The topological polar surface area (TPSA) is 143 Å². The molecule has 0 bridgehead atoms. The summed E-state index contributed by atoms with van der Waals surface area (Å²) in [6.45, 7) is 8.06. The Balaban J connectivity index is 1.63. The lowest BCUT2D eigenvalue weighted by Crippen LogP contribution is -2.57. The molecule has 3 rings (SSSR count). The molecule has 1 aromatic heterocycles. The molecule has 1 aromatic carbocycles. The standard InChI is InChI=1S/C30H45N5O6/c1-19(20-15-16-22-21(18-20)28(41-6)33-34(22)5)31-27(39)23-12-11-17-35(23)29(40)26(30(2,3)4)32-24(36)13-9-7-8-10-14-25(37)38/h15-16,18-19,23,26H,7-14,17H2,1-6H3,(H,31,39)(H,32,36)(H,37,38). The van der Waals surface area contributed by atoms with Gasteiger partial charge in [0.25, 0.3) is 0 Å². The lowest BCUT2D eigenvalue weighted by atomic mass is 9.85. The van der Waals surface area contributed by atoms with Crippen LogP contribution in [0.4, 0.5) is 0 Å². The van der Waals surface area contributed by atoms with E-state index in [2.05, 4.69) is 15.7 Å². The van der Waals surface area contributed by atoms with Crippen LogP contribution in [0.2, 0.25) is 0 Å². The van der Waals surface area contributed by atoms with Crippen LogP contribution in [0.25, 0.3) is 10.9 Å². The van der Waals surface area contributed by atoms with E-state index in [9.17, 15) is 19.2 Å². The highest BCUT2D eigenvalue weighted by atomic mass is 16.5. The molecular formula is C30H45N5O6. The first kappa shape index (κ1) is 31.9. The maximum absolute atomic E-state index is 13.7. The van der Waals surface area contributed by atoms with E-state index in [0.717, 1.165) is 29.3 Å². The van der Waals surface area contributed by atoms with Gasteiger partial charge in [0.15, 0.2) is 0 Å². The van der Waals surface area contributed by atoms with Gasteiger partial charge in [-0.3, -0.25) is 23.9 Å². The average molecular weight is 572 g/mol. The van der Waals surface area contributed by atoms with E-state index in [1.807, 2.05) is 52.9 Å². The molecule has 1 aliphatic heterocycles. The molecule has 3 unspecified atom stereocenters. The van der Waals surface area contributed by atoms with Gasteiger partial charge in [-0.1, -0.05) is 39.7 Å². The number of carboxylic acid groups (broad SMARTS) is 1. The summed E-state index contributed by atoms with van der Waals surface area (Å²) < 4.78 is 7.14. The highest BCUT2D eigenvalue weighted by molar-refractivity contribution is 5.93. The zero-order valence-corrected chi connectivity index (χ0v) is 25.2. The summed E-state index contributed by atoms with van der Waals surface area (Å²) in [6, 6.07) is 4.17. The minimum Gasteiger partial charge on any atom is -0.481 e. The number of carbonyl (C=O) groups is 4. The number of hydrogen-bond donors (Lipinski definition) is 3. The largest absolute Gasteiger partial charge is 0.481 e. The number of amides is 3. The molecule has 0 saturated carbocycles. The lowest BCUT2D eigenvalue weighted by molar-refractivity contribution is -0.144. The molecule has 0 radical (unpaired) electrons. The van der Waals surface area contributed by atoms with E-state index in [1.165, 1.54) is 0 Å². The first-order valence-electron chi connectivity index (χ1n) is 14.5. The normalized spacial score (nSPS) is 16.8. The molecule has 3 N–H and O–H groups in total. The highest BCUT2D eigenvalue weighted by Crippen LogP contribution is 2.29. The van der Waals surface area contributed by atoms with Crippen molar-refractivity contribution in [1.29, 1.82) is 0 Å². The van der Waals surface area contributed by atoms with Gasteiger partial charge in [-0.2, -0.15) is 0 Å². The molecule has 2 aromatic rings. The average Bonchev–Trinajstić information content (AvgIpc) is 3.52. The van der Waals surface area contributed by atoms with Crippen LogP contribution in [0.5, 0.6) is 5.88 Å². The molecule has 2 heterocycles. The summed E-state index contributed by atoms with van der Waals surface area (Å²) in [7, 11) is 3.42. The van der Waals surface area contributed by atoms with E-state index in [0.29, 0.717) is 38.1 Å². The Bertz CT molecular complexity index is 1250. The fourth-order valence-electron chi connectivity index (χ4n) is 5.33. The number of hydrogen-bond acceptors (Lipinski definition) is 6. The zero-order chi connectivity index (χ0) is 30.3. The number of aromatic nitrogens is 2. The van der Waals surface area contributed by atoms with Crippen molar-refractivity contribution in [2.45, 2.75) is 97.2 Å². The molecule has 0 spiro atoms. The van der Waals surface area contributed by atoms with Crippen LogP contribution in [0.3, 0.4) is 0 Å². The fourth-order valence-corrected chi connectivity index (χ4v) is 5.33. The maximum atomic E-state index is 13.7. The molecule has 1 saturated heterocycles. The Labute approximate surface area is 242 Å². The van der Waals surface area contributed by atoms with E-state index < -0.39 is 23.5 Å². The predicted octanol–water partition coefficient (Wildman–Crippen LogP) is 3.71. The summed E-state index contributed by atoms with van der Waals surface area (Å²) in [5.74, 6) is -0.985. The van der Waals surface area contributed by atoms with Crippen molar-refractivity contribution in [3.63, 3.8) is 0 Å². The van der Waals surface area contributed by atoms with Gasteiger partial charge in [0.2, 0.25) is 23.6 Å². The minimum atomic E-state index is -0.815. The minimum absolute atomic E-state index is 0.130. The van der Waals surface area contributed by atoms with Crippen LogP contribution in [0, 0.1) is 5.41 Å². The van der Waals surface area contributed by atoms with Crippen LogP contribution in [0.15, 0.2) is 18.2 Å². The first-order chi connectivity index (χ1) is 19.3. The molecule has 1 fully saturated rings. The van der Waals surface area contributed by atoms with Crippen molar-refractivity contribution < 1.29 is 29.0 Å². The number of ether oxygens (including phenoxy) is 1. The molecule has 41 heavy (non-hydrogen) atoms. The molecule has 0 aliphatic carbocycles. The van der Waals surface area contributed by atoms with Crippen molar-refractivity contribution in [2.24, 2.45) is 12.5 Å². The number of nitrogens with zero attached hydrogens (tertiary/aromatic N) is 3. The van der Waals surface area contributed by atoms with Crippen molar-refractivity contribution in [3.05, 3.63) is 23.8 Å². The second kappa shape index (κ2) is 13.8. The number of nitrogens with one attached hydrogen (secondary N) is 2. The smallest absolute Gasteiger partial charge is 0.303 e. The third-order valence-corrected chi connectivity index (χ3v) is 7.69. The monoisotopic (exact) mass is 571 g/mol. The molecule has 11 heteroatoms. The molecule has 11 nitrogen and oxygen atoms in total. The van der Waals surface area contributed by atoms with Crippen molar-refractivity contribution in [1.82, 2.24) is 25.3 Å². The second-order valence-electron chi connectivity index (χ2n) is 12.0. The number of methoxy groups -OCH3 is 1. The Morgan fingerprint density at radius 3 is 2.41 bits per heavy atom. The van der Waals surface area contributed by atoms with Gasteiger partial charge in [0, 0.05) is 26.4 Å². The van der Waals surface area contributed by atoms with Crippen LogP contribution < -0.4 is 15.4 Å². The third-order valence-electron chi connectivity index (χ3n) is 7.69. The van der Waals surface area contributed by atoms with Crippen molar-refractivity contribution in [3.8, 4) is 5.88 Å².